The summed E-state index contributed by atoms with van der Waals surface area (Å²) in [6, 6.07) is 21.9. The molecule has 166 valence electrons. The highest BCUT2D eigenvalue weighted by molar-refractivity contribution is 9.10. The lowest BCUT2D eigenvalue weighted by Crippen LogP contribution is -2.32. The Labute approximate surface area is 204 Å². The molecular weight excluding hydrogens is 504 g/mol. The standard InChI is InChI=1S/C26H20BrClN2O3/c1-15-23(25(31)29-14-21(26(32)33)17-8-5-9-19(28)12-17)20-13-18(27)10-11-22(20)30-24(15)16-6-3-2-4-7-16/h2-13,21H,14H2,1H3,(H,29,31)(H,32,33). The number of carboxylic acids is 1. The van der Waals surface area contributed by atoms with E-state index in [4.69, 9.17) is 16.6 Å². The lowest BCUT2D eigenvalue weighted by atomic mass is 9.96. The van der Waals surface area contributed by atoms with Crippen LogP contribution in [-0.4, -0.2) is 28.5 Å². The maximum absolute atomic E-state index is 13.4. The van der Waals surface area contributed by atoms with Crippen LogP contribution < -0.4 is 5.32 Å². The molecule has 0 bridgehead atoms. The van der Waals surface area contributed by atoms with Crippen molar-refractivity contribution < 1.29 is 14.7 Å². The van der Waals surface area contributed by atoms with Gasteiger partial charge in [-0.2, -0.15) is 0 Å². The highest BCUT2D eigenvalue weighted by atomic mass is 79.9. The van der Waals surface area contributed by atoms with E-state index in [1.54, 1.807) is 24.3 Å². The van der Waals surface area contributed by atoms with E-state index in [9.17, 15) is 14.7 Å². The molecule has 0 saturated carbocycles. The van der Waals surface area contributed by atoms with E-state index in [0.717, 1.165) is 15.6 Å². The smallest absolute Gasteiger partial charge is 0.312 e. The molecule has 0 saturated heterocycles. The van der Waals surface area contributed by atoms with E-state index in [0.29, 0.717) is 32.7 Å². The fourth-order valence-corrected chi connectivity index (χ4v) is 4.41. The summed E-state index contributed by atoms with van der Waals surface area (Å²) in [7, 11) is 0. The number of carbonyl (C=O) groups is 2. The molecule has 2 N–H and O–H groups in total. The van der Waals surface area contributed by atoms with E-state index >= 15 is 0 Å². The maximum atomic E-state index is 13.4. The second-order valence-corrected chi connectivity index (χ2v) is 9.00. The second kappa shape index (κ2) is 9.73. The predicted octanol–water partition coefficient (Wildman–Crippen LogP) is 6.22. The molecule has 7 heteroatoms. The normalized spacial score (nSPS) is 11.8. The molecule has 0 radical (unpaired) electrons. The molecule has 3 aromatic carbocycles. The number of benzene rings is 3. The highest BCUT2D eigenvalue weighted by Gasteiger charge is 2.24. The fourth-order valence-electron chi connectivity index (χ4n) is 3.85. The molecule has 5 nitrogen and oxygen atoms in total. The number of hydrogen-bond donors (Lipinski definition) is 2. The lowest BCUT2D eigenvalue weighted by Gasteiger charge is -2.17. The zero-order valence-electron chi connectivity index (χ0n) is 17.7. The Hall–Kier alpha value is -3.22. The van der Waals surface area contributed by atoms with Crippen LogP contribution in [0.2, 0.25) is 5.02 Å². The first-order valence-corrected chi connectivity index (χ1v) is 11.4. The molecule has 0 spiro atoms. The molecule has 1 aromatic heterocycles. The number of carboxylic acid groups (broad SMARTS) is 1. The number of pyridine rings is 1. The number of nitrogens with one attached hydrogen (secondary N) is 1. The monoisotopic (exact) mass is 522 g/mol. The SMILES string of the molecule is Cc1c(-c2ccccc2)nc2ccc(Br)cc2c1C(=O)NCC(C(=O)O)c1cccc(Cl)c1. The van der Waals surface area contributed by atoms with Crippen LogP contribution in [0.1, 0.15) is 27.4 Å². The van der Waals surface area contributed by atoms with Crippen LogP contribution >= 0.6 is 27.5 Å². The first-order chi connectivity index (χ1) is 15.8. The van der Waals surface area contributed by atoms with Crippen LogP contribution in [0.4, 0.5) is 0 Å². The Morgan fingerprint density at radius 3 is 2.52 bits per heavy atom. The molecule has 0 aliphatic carbocycles. The minimum Gasteiger partial charge on any atom is -0.481 e. The predicted molar refractivity (Wildman–Crippen MR) is 134 cm³/mol. The van der Waals surface area contributed by atoms with Crippen molar-refractivity contribution in [3.63, 3.8) is 0 Å². The van der Waals surface area contributed by atoms with Gasteiger partial charge in [0.1, 0.15) is 0 Å². The van der Waals surface area contributed by atoms with Crippen molar-refractivity contribution >= 4 is 50.3 Å². The molecule has 1 amide bonds. The third kappa shape index (κ3) is 4.92. The molecule has 4 aromatic rings. The van der Waals surface area contributed by atoms with Crippen molar-refractivity contribution in [1.82, 2.24) is 10.3 Å². The van der Waals surface area contributed by atoms with Crippen molar-refractivity contribution in [3.05, 3.63) is 99.0 Å². The number of nitrogens with zero attached hydrogens (tertiary/aromatic N) is 1. The van der Waals surface area contributed by atoms with Gasteiger partial charge in [-0.05, 0) is 48.4 Å². The Morgan fingerprint density at radius 2 is 1.82 bits per heavy atom. The van der Waals surface area contributed by atoms with Gasteiger partial charge in [-0.15, -0.1) is 0 Å². The van der Waals surface area contributed by atoms with Crippen molar-refractivity contribution in [3.8, 4) is 11.3 Å². The van der Waals surface area contributed by atoms with Gasteiger partial charge in [0.15, 0.2) is 0 Å². The molecule has 0 fully saturated rings. The van der Waals surface area contributed by atoms with E-state index in [2.05, 4.69) is 21.2 Å². The summed E-state index contributed by atoms with van der Waals surface area (Å²) in [6.45, 7) is 1.78. The lowest BCUT2D eigenvalue weighted by molar-refractivity contribution is -0.138. The van der Waals surface area contributed by atoms with Crippen molar-refractivity contribution in [2.45, 2.75) is 12.8 Å². The topological polar surface area (TPSA) is 79.3 Å². The summed E-state index contributed by atoms with van der Waals surface area (Å²) < 4.78 is 0.819. The fraction of sp³-hybridized carbons (Fsp3) is 0.115. The van der Waals surface area contributed by atoms with Gasteiger partial charge in [-0.1, -0.05) is 70.0 Å². The maximum Gasteiger partial charge on any atom is 0.312 e. The van der Waals surface area contributed by atoms with Gasteiger partial charge in [0.05, 0.1) is 22.7 Å². The van der Waals surface area contributed by atoms with Gasteiger partial charge in [-0.25, -0.2) is 4.98 Å². The number of aromatic nitrogens is 1. The van der Waals surface area contributed by atoms with Crippen LogP contribution in [0.15, 0.2) is 77.3 Å². The Morgan fingerprint density at radius 1 is 1.06 bits per heavy atom. The van der Waals surface area contributed by atoms with Crippen LogP contribution in [0.5, 0.6) is 0 Å². The average Bonchev–Trinajstić information content (AvgIpc) is 2.79. The third-order valence-electron chi connectivity index (χ3n) is 5.48. The van der Waals surface area contributed by atoms with Gasteiger partial charge in [0.25, 0.3) is 5.91 Å². The average molecular weight is 524 g/mol. The molecule has 0 aliphatic heterocycles. The van der Waals surface area contributed by atoms with Crippen LogP contribution in [-0.2, 0) is 4.79 Å². The first kappa shape index (κ1) is 23.0. The van der Waals surface area contributed by atoms with Crippen molar-refractivity contribution in [1.29, 1.82) is 0 Å². The molecular formula is C26H20BrClN2O3. The van der Waals surface area contributed by atoms with Crippen LogP contribution in [0, 0.1) is 6.92 Å². The van der Waals surface area contributed by atoms with E-state index in [1.807, 2.05) is 55.5 Å². The second-order valence-electron chi connectivity index (χ2n) is 7.64. The number of hydrogen-bond acceptors (Lipinski definition) is 3. The summed E-state index contributed by atoms with van der Waals surface area (Å²) in [4.78, 5) is 30.1. The number of amides is 1. The molecule has 1 atom stereocenters. The van der Waals surface area contributed by atoms with Crippen molar-refractivity contribution in [2.24, 2.45) is 0 Å². The van der Waals surface area contributed by atoms with E-state index in [-0.39, 0.29) is 12.5 Å². The molecule has 33 heavy (non-hydrogen) atoms. The van der Waals surface area contributed by atoms with Gasteiger partial charge in [-0.3, -0.25) is 9.59 Å². The highest BCUT2D eigenvalue weighted by Crippen LogP contribution is 2.31. The zero-order valence-corrected chi connectivity index (χ0v) is 20.0. The molecule has 0 aliphatic rings. The third-order valence-corrected chi connectivity index (χ3v) is 6.21. The van der Waals surface area contributed by atoms with Crippen LogP contribution in [0.25, 0.3) is 22.2 Å². The number of rotatable bonds is 6. The summed E-state index contributed by atoms with van der Waals surface area (Å²) in [5.41, 5.74) is 4.00. The summed E-state index contributed by atoms with van der Waals surface area (Å²) in [5, 5.41) is 13.7. The summed E-state index contributed by atoms with van der Waals surface area (Å²) in [6.07, 6.45) is 0. The summed E-state index contributed by atoms with van der Waals surface area (Å²) in [5.74, 6) is -2.33. The number of halogens is 2. The van der Waals surface area contributed by atoms with Gasteiger partial charge in [0.2, 0.25) is 0 Å². The Balaban J connectivity index is 1.74. The Bertz CT molecular complexity index is 1360. The number of carbonyl (C=O) groups excluding carboxylic acids is 1. The van der Waals surface area contributed by atoms with E-state index in [1.165, 1.54) is 0 Å². The first-order valence-electron chi connectivity index (χ1n) is 10.3. The minimum absolute atomic E-state index is 0.0769. The molecule has 4 rings (SSSR count). The van der Waals surface area contributed by atoms with E-state index < -0.39 is 11.9 Å². The van der Waals surface area contributed by atoms with Crippen LogP contribution in [0.3, 0.4) is 0 Å². The number of aliphatic carboxylic acids is 1. The minimum atomic E-state index is -1.04. The summed E-state index contributed by atoms with van der Waals surface area (Å²) >= 11 is 9.51. The van der Waals surface area contributed by atoms with Crippen molar-refractivity contribution in [2.75, 3.05) is 6.54 Å². The zero-order chi connectivity index (χ0) is 23.5. The quantitative estimate of drug-likeness (QED) is 0.314. The molecule has 1 heterocycles. The largest absolute Gasteiger partial charge is 0.481 e. The van der Waals surface area contributed by atoms with Gasteiger partial charge < -0.3 is 10.4 Å². The van der Waals surface area contributed by atoms with Gasteiger partial charge >= 0.3 is 5.97 Å². The van der Waals surface area contributed by atoms with Gasteiger partial charge in [0, 0.05) is 27.0 Å². The number of fused-ring (bicyclic) bond motifs is 1. The molecule has 1 unspecified atom stereocenters. The Kier molecular flexibility index (Phi) is 6.77.